The number of ether oxygens (including phenoxy) is 2. The molecule has 0 N–H and O–H groups in total. The lowest BCUT2D eigenvalue weighted by Gasteiger charge is -2.20. The van der Waals surface area contributed by atoms with Crippen LogP contribution in [0, 0.1) is 6.92 Å². The average molecular weight is 332 g/mol. The highest BCUT2D eigenvalue weighted by Crippen LogP contribution is 2.25. The Morgan fingerprint density at radius 3 is 3.06 bits per heavy atom. The van der Waals surface area contributed by atoms with Crippen LogP contribution in [0.15, 0.2) is 24.3 Å². The Bertz CT molecular complexity index is 334. The van der Waals surface area contributed by atoms with Gasteiger partial charge in [-0.3, -0.25) is 0 Å². The van der Waals surface area contributed by atoms with Crippen LogP contribution in [-0.2, 0) is 9.47 Å². The average Bonchev–Trinajstić information content (AvgIpc) is 2.78. The first-order valence-electron chi connectivity index (χ1n) is 5.65. The van der Waals surface area contributed by atoms with E-state index in [2.05, 4.69) is 53.8 Å². The summed E-state index contributed by atoms with van der Waals surface area (Å²) in [5, 5.41) is 0. The molecule has 16 heavy (non-hydrogen) atoms. The highest BCUT2D eigenvalue weighted by molar-refractivity contribution is 14.1. The van der Waals surface area contributed by atoms with Gasteiger partial charge in [-0.2, -0.15) is 0 Å². The van der Waals surface area contributed by atoms with Gasteiger partial charge >= 0.3 is 0 Å². The van der Waals surface area contributed by atoms with Crippen LogP contribution in [0.1, 0.15) is 23.7 Å². The highest BCUT2D eigenvalue weighted by atomic mass is 127. The minimum Gasteiger partial charge on any atom is -0.379 e. The maximum Gasteiger partial charge on any atom is 0.0919 e. The Labute approximate surface area is 110 Å². The molecule has 0 aliphatic carbocycles. The van der Waals surface area contributed by atoms with E-state index < -0.39 is 0 Å². The fraction of sp³-hybridized carbons (Fsp3) is 0.538. The van der Waals surface area contributed by atoms with Gasteiger partial charge in [-0.1, -0.05) is 52.4 Å². The van der Waals surface area contributed by atoms with Gasteiger partial charge in [0, 0.05) is 11.0 Å². The summed E-state index contributed by atoms with van der Waals surface area (Å²) in [4.78, 5) is 0. The van der Waals surface area contributed by atoms with E-state index in [1.807, 2.05) is 0 Å². The quantitative estimate of drug-likeness (QED) is 0.622. The van der Waals surface area contributed by atoms with Crippen molar-refractivity contribution in [3.05, 3.63) is 35.4 Å². The Balaban J connectivity index is 2.03. The van der Waals surface area contributed by atoms with Crippen LogP contribution >= 0.6 is 22.6 Å². The summed E-state index contributed by atoms with van der Waals surface area (Å²) < 4.78 is 12.4. The molecule has 1 aromatic carbocycles. The van der Waals surface area contributed by atoms with Crippen LogP contribution in [0.25, 0.3) is 0 Å². The molecule has 0 saturated carbocycles. The molecular weight excluding hydrogens is 315 g/mol. The van der Waals surface area contributed by atoms with Crippen LogP contribution in [0.2, 0.25) is 0 Å². The van der Waals surface area contributed by atoms with E-state index in [1.165, 1.54) is 11.1 Å². The second kappa shape index (κ2) is 5.98. The molecule has 1 fully saturated rings. The molecule has 0 radical (unpaired) electrons. The maximum atomic E-state index is 6.07. The number of alkyl halides is 1. The summed E-state index contributed by atoms with van der Waals surface area (Å²) in [6.45, 7) is 3.71. The van der Waals surface area contributed by atoms with E-state index >= 15 is 0 Å². The molecule has 2 atom stereocenters. The predicted molar refractivity (Wildman–Crippen MR) is 73.1 cm³/mol. The molecule has 1 aliphatic rings. The highest BCUT2D eigenvalue weighted by Gasteiger charge is 2.21. The minimum absolute atomic E-state index is 0.201. The van der Waals surface area contributed by atoms with E-state index in [1.54, 1.807) is 0 Å². The molecule has 2 rings (SSSR count). The second-order valence-corrected chi connectivity index (χ2v) is 5.06. The molecule has 0 bridgehead atoms. The standard InChI is InChI=1S/C13H17IO2/c1-10-3-2-4-11(7-10)13(8-14)16-12-5-6-15-9-12/h2-4,7,12-13H,5-6,8-9H2,1H3. The normalized spacial score (nSPS) is 22.2. The summed E-state index contributed by atoms with van der Waals surface area (Å²) in [6, 6.07) is 8.57. The molecule has 2 nitrogen and oxygen atoms in total. The summed E-state index contributed by atoms with van der Waals surface area (Å²) in [5.41, 5.74) is 2.57. The Morgan fingerprint density at radius 2 is 2.44 bits per heavy atom. The van der Waals surface area contributed by atoms with E-state index in [9.17, 15) is 0 Å². The lowest BCUT2D eigenvalue weighted by Crippen LogP contribution is -2.17. The molecule has 88 valence electrons. The van der Waals surface area contributed by atoms with Crippen molar-refractivity contribution < 1.29 is 9.47 Å². The van der Waals surface area contributed by atoms with Gasteiger partial charge in [-0.25, -0.2) is 0 Å². The van der Waals surface area contributed by atoms with Crippen molar-refractivity contribution in [3.8, 4) is 0 Å². The second-order valence-electron chi connectivity index (χ2n) is 4.18. The smallest absolute Gasteiger partial charge is 0.0919 e. The molecule has 1 aromatic rings. The third kappa shape index (κ3) is 3.18. The number of aryl methyl sites for hydroxylation is 1. The van der Waals surface area contributed by atoms with Crippen molar-refractivity contribution in [2.75, 3.05) is 17.6 Å². The molecule has 3 heteroatoms. The fourth-order valence-electron chi connectivity index (χ4n) is 1.93. The minimum atomic E-state index is 0.201. The maximum absolute atomic E-state index is 6.07. The van der Waals surface area contributed by atoms with Gasteiger partial charge in [0.05, 0.1) is 18.8 Å². The van der Waals surface area contributed by atoms with E-state index in [0.717, 1.165) is 24.1 Å². The summed E-state index contributed by atoms with van der Waals surface area (Å²) in [7, 11) is 0. The molecule has 0 aromatic heterocycles. The summed E-state index contributed by atoms with van der Waals surface area (Å²) >= 11 is 2.39. The topological polar surface area (TPSA) is 18.5 Å². The van der Waals surface area contributed by atoms with Crippen molar-refractivity contribution in [2.24, 2.45) is 0 Å². The zero-order valence-electron chi connectivity index (χ0n) is 9.49. The van der Waals surface area contributed by atoms with Crippen LogP contribution in [0.5, 0.6) is 0 Å². The first kappa shape index (κ1) is 12.3. The monoisotopic (exact) mass is 332 g/mol. The predicted octanol–water partition coefficient (Wildman–Crippen LogP) is 3.28. The number of rotatable bonds is 4. The third-order valence-corrected chi connectivity index (χ3v) is 3.60. The number of halogens is 1. The Kier molecular flexibility index (Phi) is 4.61. The van der Waals surface area contributed by atoms with Gasteiger partial charge in [0.25, 0.3) is 0 Å². The van der Waals surface area contributed by atoms with Gasteiger partial charge in [0.1, 0.15) is 0 Å². The lowest BCUT2D eigenvalue weighted by atomic mass is 10.1. The number of hydrogen-bond donors (Lipinski definition) is 0. The molecule has 0 spiro atoms. The van der Waals surface area contributed by atoms with Gasteiger partial charge < -0.3 is 9.47 Å². The van der Waals surface area contributed by atoms with Crippen LogP contribution in [0.3, 0.4) is 0 Å². The first-order valence-corrected chi connectivity index (χ1v) is 7.18. The van der Waals surface area contributed by atoms with Crippen LogP contribution in [-0.4, -0.2) is 23.7 Å². The van der Waals surface area contributed by atoms with Crippen LogP contribution in [0.4, 0.5) is 0 Å². The summed E-state index contributed by atoms with van der Waals surface area (Å²) in [6.07, 6.45) is 1.51. The molecule has 2 unspecified atom stereocenters. The first-order chi connectivity index (χ1) is 7.79. The zero-order valence-corrected chi connectivity index (χ0v) is 11.6. The van der Waals surface area contributed by atoms with Gasteiger partial charge in [0.15, 0.2) is 0 Å². The Hall–Kier alpha value is -0.130. The van der Waals surface area contributed by atoms with Crippen molar-refractivity contribution in [3.63, 3.8) is 0 Å². The third-order valence-electron chi connectivity index (χ3n) is 2.80. The van der Waals surface area contributed by atoms with Crippen molar-refractivity contribution in [2.45, 2.75) is 25.6 Å². The number of hydrogen-bond acceptors (Lipinski definition) is 2. The molecule has 1 saturated heterocycles. The van der Waals surface area contributed by atoms with Crippen LogP contribution < -0.4 is 0 Å². The summed E-state index contributed by atoms with van der Waals surface area (Å²) in [5.74, 6) is 0. The Morgan fingerprint density at radius 1 is 1.56 bits per heavy atom. The molecular formula is C13H17IO2. The molecule has 1 heterocycles. The van der Waals surface area contributed by atoms with E-state index in [4.69, 9.17) is 9.47 Å². The SMILES string of the molecule is Cc1cccc(C(CI)OC2CCOC2)c1. The fourth-order valence-corrected chi connectivity index (χ4v) is 2.64. The van der Waals surface area contributed by atoms with Gasteiger partial charge in [-0.15, -0.1) is 0 Å². The number of benzene rings is 1. The van der Waals surface area contributed by atoms with E-state index in [-0.39, 0.29) is 12.2 Å². The molecule has 1 aliphatic heterocycles. The van der Waals surface area contributed by atoms with E-state index in [0.29, 0.717) is 0 Å². The lowest BCUT2D eigenvalue weighted by molar-refractivity contribution is -0.00385. The zero-order chi connectivity index (χ0) is 11.4. The molecule has 0 amide bonds. The largest absolute Gasteiger partial charge is 0.379 e. The van der Waals surface area contributed by atoms with Crippen molar-refractivity contribution in [1.29, 1.82) is 0 Å². The van der Waals surface area contributed by atoms with Gasteiger partial charge in [-0.05, 0) is 18.9 Å². The van der Waals surface area contributed by atoms with Crippen molar-refractivity contribution >= 4 is 22.6 Å². The van der Waals surface area contributed by atoms with Crippen molar-refractivity contribution in [1.82, 2.24) is 0 Å². The van der Waals surface area contributed by atoms with Gasteiger partial charge in [0.2, 0.25) is 0 Å².